The number of nitrogens with zero attached hydrogens (tertiary/aromatic N) is 2. The lowest BCUT2D eigenvalue weighted by atomic mass is 9.84. The fraction of sp³-hybridized carbons (Fsp3) is 0.714. The first kappa shape index (κ1) is 40.7. The number of urea groups is 2. The van der Waals surface area contributed by atoms with Crippen LogP contribution in [0.15, 0.2) is 48.5 Å². The quantitative estimate of drug-likeness (QED) is 0.101. The SMILES string of the molecule is O=C(NCCCCCCCCCCCNC(=O)NC1CCC(CCN2[C@@H]3CC[C@H]2c2ccccc23)CC1)NC1CCC(CCN2[C@@H]3CC[C@H]2c2ccccc23)CC1. The molecule has 8 nitrogen and oxygen atoms in total. The van der Waals surface area contributed by atoms with Crippen LogP contribution < -0.4 is 21.3 Å². The molecular formula is C49H74N6O2. The van der Waals surface area contributed by atoms with Crippen LogP contribution in [0.2, 0.25) is 0 Å². The molecule has 0 radical (unpaired) electrons. The summed E-state index contributed by atoms with van der Waals surface area (Å²) in [6.45, 7) is 4.01. The van der Waals surface area contributed by atoms with Crippen molar-refractivity contribution in [3.63, 3.8) is 0 Å². The molecule has 4 fully saturated rings. The van der Waals surface area contributed by atoms with Crippen molar-refractivity contribution < 1.29 is 9.59 Å². The summed E-state index contributed by atoms with van der Waals surface area (Å²) < 4.78 is 0. The number of fused-ring (bicyclic) bond motifs is 10. The van der Waals surface area contributed by atoms with Gasteiger partial charge in [-0.2, -0.15) is 0 Å². The van der Waals surface area contributed by atoms with Gasteiger partial charge < -0.3 is 21.3 Å². The Balaban J connectivity index is 0.562. The number of hydrogen-bond donors (Lipinski definition) is 4. The molecule has 4 aliphatic heterocycles. The summed E-state index contributed by atoms with van der Waals surface area (Å²) in [6.07, 6.45) is 28.2. The van der Waals surface area contributed by atoms with Gasteiger partial charge in [-0.3, -0.25) is 9.80 Å². The summed E-state index contributed by atoms with van der Waals surface area (Å²) in [5.41, 5.74) is 6.36. The summed E-state index contributed by atoms with van der Waals surface area (Å²) in [5, 5.41) is 12.8. The molecule has 2 saturated carbocycles. The summed E-state index contributed by atoms with van der Waals surface area (Å²) in [6, 6.07) is 21.6. The summed E-state index contributed by atoms with van der Waals surface area (Å²) in [5.74, 6) is 1.60. The molecule has 2 aliphatic carbocycles. The zero-order valence-electron chi connectivity index (χ0n) is 35.0. The van der Waals surface area contributed by atoms with Crippen LogP contribution in [0.5, 0.6) is 0 Å². The van der Waals surface area contributed by atoms with Crippen LogP contribution in [0, 0.1) is 11.8 Å². The second-order valence-electron chi connectivity index (χ2n) is 18.9. The predicted octanol–water partition coefficient (Wildman–Crippen LogP) is 10.8. The van der Waals surface area contributed by atoms with Crippen molar-refractivity contribution in [2.24, 2.45) is 11.8 Å². The fourth-order valence-corrected chi connectivity index (χ4v) is 12.1. The van der Waals surface area contributed by atoms with E-state index in [0.29, 0.717) is 36.3 Å². The standard InChI is InChI=1S/C49H74N6O2/c56-48(52-38-22-18-36(19-23-38)30-34-54-44-26-27-45(54)41-15-9-8-14-40(41)44)50-32-12-6-4-2-1-3-5-7-13-33-51-49(57)53-39-24-20-37(21-25-39)31-35-55-46-28-29-47(55)43-17-11-10-16-42(43)46/h8-11,14-17,36-39,44-47H,1-7,12-13,18-35H2,(H2,50,52,56)(H2,51,53,57)/t36?,37?,38?,39?,44-,45+,46-,47+. The maximum Gasteiger partial charge on any atom is 0.315 e. The van der Waals surface area contributed by atoms with Gasteiger partial charge in [0.15, 0.2) is 0 Å². The topological polar surface area (TPSA) is 88.7 Å². The monoisotopic (exact) mass is 779 g/mol. The Morgan fingerprint density at radius 1 is 0.439 bits per heavy atom. The van der Waals surface area contributed by atoms with Gasteiger partial charge in [0.05, 0.1) is 0 Å². The van der Waals surface area contributed by atoms with E-state index >= 15 is 0 Å². The normalized spacial score (nSPS) is 28.9. The zero-order valence-corrected chi connectivity index (χ0v) is 35.0. The number of carbonyl (C=O) groups excluding carboxylic acids is 2. The molecule has 4 heterocycles. The van der Waals surface area contributed by atoms with E-state index in [4.69, 9.17) is 0 Å². The van der Waals surface area contributed by atoms with Gasteiger partial charge in [-0.25, -0.2) is 9.59 Å². The molecule has 4 atom stereocenters. The lowest BCUT2D eigenvalue weighted by Crippen LogP contribution is -2.44. The van der Waals surface area contributed by atoms with Crippen molar-refractivity contribution in [1.82, 2.24) is 31.1 Å². The van der Waals surface area contributed by atoms with E-state index in [0.717, 1.165) is 63.5 Å². The van der Waals surface area contributed by atoms with Crippen LogP contribution in [0.4, 0.5) is 9.59 Å². The van der Waals surface area contributed by atoms with Gasteiger partial charge in [0.1, 0.15) is 0 Å². The second kappa shape index (κ2) is 20.2. The van der Waals surface area contributed by atoms with E-state index < -0.39 is 0 Å². The molecule has 8 rings (SSSR count). The van der Waals surface area contributed by atoms with Gasteiger partial charge in [0.2, 0.25) is 0 Å². The van der Waals surface area contributed by atoms with Gasteiger partial charge in [-0.1, -0.05) is 93.5 Å². The minimum atomic E-state index is 0.0288. The fourth-order valence-electron chi connectivity index (χ4n) is 12.1. The first-order valence-corrected chi connectivity index (χ1v) is 23.9. The Kier molecular flexibility index (Phi) is 14.4. The van der Waals surface area contributed by atoms with Crippen LogP contribution in [-0.4, -0.2) is 60.1 Å². The van der Waals surface area contributed by atoms with E-state index in [9.17, 15) is 9.59 Å². The highest BCUT2D eigenvalue weighted by Crippen LogP contribution is 2.54. The minimum Gasteiger partial charge on any atom is -0.338 e. The average molecular weight is 779 g/mol. The highest BCUT2D eigenvalue weighted by molar-refractivity contribution is 5.74. The Hall–Kier alpha value is -3.10. The van der Waals surface area contributed by atoms with Gasteiger partial charge in [0, 0.05) is 49.3 Å². The largest absolute Gasteiger partial charge is 0.338 e. The molecule has 57 heavy (non-hydrogen) atoms. The number of rotatable bonds is 20. The Labute approximate surface area is 344 Å². The van der Waals surface area contributed by atoms with E-state index in [-0.39, 0.29) is 12.1 Å². The molecule has 6 aliphatic rings. The molecule has 2 saturated heterocycles. The highest BCUT2D eigenvalue weighted by atomic mass is 16.2. The van der Waals surface area contributed by atoms with E-state index in [2.05, 4.69) is 79.6 Å². The molecule has 312 valence electrons. The van der Waals surface area contributed by atoms with Crippen LogP contribution in [0.1, 0.15) is 194 Å². The molecule has 8 heteroatoms. The summed E-state index contributed by atoms with van der Waals surface area (Å²) in [4.78, 5) is 30.7. The van der Waals surface area contributed by atoms with Gasteiger partial charge in [-0.05, 0) is 150 Å². The molecule has 4 N–H and O–H groups in total. The molecule has 2 aromatic carbocycles. The van der Waals surface area contributed by atoms with E-state index in [1.54, 1.807) is 22.3 Å². The van der Waals surface area contributed by atoms with Crippen LogP contribution in [0.3, 0.4) is 0 Å². The molecule has 0 aromatic heterocycles. The second-order valence-corrected chi connectivity index (χ2v) is 18.9. The summed E-state index contributed by atoms with van der Waals surface area (Å²) >= 11 is 0. The molecule has 2 aromatic rings. The third kappa shape index (κ3) is 10.4. The first-order chi connectivity index (χ1) is 28.1. The van der Waals surface area contributed by atoms with Crippen molar-refractivity contribution >= 4 is 12.1 Å². The van der Waals surface area contributed by atoms with E-state index in [1.807, 2.05) is 0 Å². The van der Waals surface area contributed by atoms with Crippen molar-refractivity contribution in [3.8, 4) is 0 Å². The maximum atomic E-state index is 12.5. The van der Waals surface area contributed by atoms with Crippen molar-refractivity contribution in [2.45, 2.75) is 184 Å². The van der Waals surface area contributed by atoms with Crippen LogP contribution in [-0.2, 0) is 0 Å². The van der Waals surface area contributed by atoms with Crippen LogP contribution in [0.25, 0.3) is 0 Å². The number of carbonyl (C=O) groups is 2. The minimum absolute atomic E-state index is 0.0288. The predicted molar refractivity (Wildman–Crippen MR) is 231 cm³/mol. The van der Waals surface area contributed by atoms with Crippen LogP contribution >= 0.6 is 0 Å². The molecule has 4 bridgehead atoms. The van der Waals surface area contributed by atoms with Crippen molar-refractivity contribution in [1.29, 1.82) is 0 Å². The third-order valence-electron chi connectivity index (χ3n) is 15.3. The van der Waals surface area contributed by atoms with E-state index in [1.165, 1.54) is 122 Å². The Morgan fingerprint density at radius 2 is 0.754 bits per heavy atom. The number of amides is 4. The maximum absolute atomic E-state index is 12.5. The zero-order chi connectivity index (χ0) is 38.8. The van der Waals surface area contributed by atoms with Gasteiger partial charge >= 0.3 is 12.1 Å². The molecular weight excluding hydrogens is 705 g/mol. The highest BCUT2D eigenvalue weighted by Gasteiger charge is 2.44. The number of benzene rings is 2. The van der Waals surface area contributed by atoms with Crippen molar-refractivity contribution in [3.05, 3.63) is 70.8 Å². The smallest absolute Gasteiger partial charge is 0.315 e. The lowest BCUT2D eigenvalue weighted by Gasteiger charge is -2.31. The number of nitrogens with one attached hydrogen (secondary N) is 4. The van der Waals surface area contributed by atoms with Crippen molar-refractivity contribution in [2.75, 3.05) is 26.2 Å². The number of hydrogen-bond acceptors (Lipinski definition) is 4. The van der Waals surface area contributed by atoms with Gasteiger partial charge in [0.25, 0.3) is 0 Å². The Bertz CT molecular complexity index is 1410. The lowest BCUT2D eigenvalue weighted by molar-refractivity contribution is 0.185. The number of unbranched alkanes of at least 4 members (excludes halogenated alkanes) is 8. The average Bonchev–Trinajstić information content (AvgIpc) is 4.00. The molecule has 0 spiro atoms. The third-order valence-corrected chi connectivity index (χ3v) is 15.3. The van der Waals surface area contributed by atoms with Gasteiger partial charge in [-0.15, -0.1) is 0 Å². The Morgan fingerprint density at radius 3 is 1.09 bits per heavy atom. The molecule has 0 unspecified atom stereocenters. The first-order valence-electron chi connectivity index (χ1n) is 23.9. The summed E-state index contributed by atoms with van der Waals surface area (Å²) in [7, 11) is 0. The molecule has 4 amide bonds.